The van der Waals surface area contributed by atoms with Gasteiger partial charge in [0, 0.05) is 45.2 Å². The van der Waals surface area contributed by atoms with Crippen LogP contribution in [-0.2, 0) is 4.79 Å². The summed E-state index contributed by atoms with van der Waals surface area (Å²) < 4.78 is 0. The maximum absolute atomic E-state index is 12.0. The molecule has 0 radical (unpaired) electrons. The first-order valence-corrected chi connectivity index (χ1v) is 7.65. The summed E-state index contributed by atoms with van der Waals surface area (Å²) in [5, 5.41) is 3.41. The molecule has 0 bridgehead atoms. The molecule has 1 heterocycles. The minimum atomic E-state index is -0.0159. The van der Waals surface area contributed by atoms with E-state index in [0.29, 0.717) is 29.7 Å². The number of amides is 1. The number of rotatable bonds is 5. The summed E-state index contributed by atoms with van der Waals surface area (Å²) in [7, 11) is 2.10. The molecule has 1 fully saturated rings. The van der Waals surface area contributed by atoms with Gasteiger partial charge in [0.25, 0.3) is 0 Å². The summed E-state index contributed by atoms with van der Waals surface area (Å²) in [6.07, 6.45) is 0.450. The summed E-state index contributed by atoms with van der Waals surface area (Å²) in [5.74, 6) is -0.0159. The predicted molar refractivity (Wildman–Crippen MR) is 86.6 cm³/mol. The van der Waals surface area contributed by atoms with Gasteiger partial charge in [0.15, 0.2) is 0 Å². The molecule has 116 valence electrons. The fraction of sp³-hybridized carbons (Fsp3) is 0.533. The molecule has 1 aromatic carbocycles. The van der Waals surface area contributed by atoms with Crippen molar-refractivity contribution in [3.05, 3.63) is 29.3 Å². The third-order valence-corrected chi connectivity index (χ3v) is 4.18. The normalized spacial score (nSPS) is 20.4. The predicted octanol–water partition coefficient (Wildman–Crippen LogP) is 1.24. The quantitative estimate of drug-likeness (QED) is 0.859. The van der Waals surface area contributed by atoms with E-state index in [-0.39, 0.29) is 5.91 Å². The van der Waals surface area contributed by atoms with Crippen LogP contribution in [-0.4, -0.2) is 61.5 Å². The second-order valence-corrected chi connectivity index (χ2v) is 5.87. The highest BCUT2D eigenvalue weighted by atomic mass is 35.5. The van der Waals surface area contributed by atoms with Crippen LogP contribution in [0.15, 0.2) is 24.3 Å². The topological polar surface area (TPSA) is 61.6 Å². The Balaban J connectivity index is 1.82. The van der Waals surface area contributed by atoms with Gasteiger partial charge >= 0.3 is 0 Å². The van der Waals surface area contributed by atoms with Gasteiger partial charge in [-0.15, -0.1) is 0 Å². The Labute approximate surface area is 131 Å². The minimum Gasteiger partial charge on any atom is -0.329 e. The number of benzene rings is 1. The van der Waals surface area contributed by atoms with Crippen molar-refractivity contribution < 1.29 is 4.79 Å². The van der Waals surface area contributed by atoms with Crippen LogP contribution in [0.1, 0.15) is 6.42 Å². The highest BCUT2D eigenvalue weighted by Gasteiger charge is 2.24. The number of hydrogen-bond donors (Lipinski definition) is 2. The van der Waals surface area contributed by atoms with E-state index in [2.05, 4.69) is 22.2 Å². The Kier molecular flexibility index (Phi) is 5.99. The van der Waals surface area contributed by atoms with Gasteiger partial charge in [-0.1, -0.05) is 23.7 Å². The molecule has 0 aromatic heterocycles. The van der Waals surface area contributed by atoms with Gasteiger partial charge in [-0.2, -0.15) is 0 Å². The second-order valence-electron chi connectivity index (χ2n) is 5.47. The lowest BCUT2D eigenvalue weighted by Gasteiger charge is -2.39. The molecular formula is C15H23ClN4O. The van der Waals surface area contributed by atoms with Crippen LogP contribution in [0.4, 0.5) is 5.69 Å². The first-order valence-electron chi connectivity index (χ1n) is 7.27. The van der Waals surface area contributed by atoms with Crippen molar-refractivity contribution >= 4 is 23.2 Å². The lowest BCUT2D eigenvalue weighted by molar-refractivity contribution is -0.116. The first-order chi connectivity index (χ1) is 10.1. The van der Waals surface area contributed by atoms with Gasteiger partial charge in [-0.3, -0.25) is 9.69 Å². The molecule has 0 spiro atoms. The number of nitrogens with zero attached hydrogens (tertiary/aromatic N) is 2. The summed E-state index contributed by atoms with van der Waals surface area (Å²) in [4.78, 5) is 16.6. The molecule has 1 aromatic rings. The Morgan fingerprint density at radius 2 is 2.19 bits per heavy atom. The fourth-order valence-electron chi connectivity index (χ4n) is 2.59. The van der Waals surface area contributed by atoms with E-state index in [1.54, 1.807) is 12.1 Å². The Morgan fingerprint density at radius 1 is 1.43 bits per heavy atom. The maximum Gasteiger partial charge on any atom is 0.225 e. The highest BCUT2D eigenvalue weighted by Crippen LogP contribution is 2.20. The molecule has 6 heteroatoms. The molecule has 0 saturated carbocycles. The number of nitrogens with two attached hydrogens (primary N) is 1. The van der Waals surface area contributed by atoms with Crippen LogP contribution in [0, 0.1) is 0 Å². The molecule has 1 unspecified atom stereocenters. The zero-order valence-corrected chi connectivity index (χ0v) is 13.1. The van der Waals surface area contributed by atoms with Gasteiger partial charge in [0.05, 0.1) is 10.7 Å². The SMILES string of the molecule is CN1CCN(CCC(=O)Nc2ccccc2Cl)C(CN)C1. The average molecular weight is 311 g/mol. The number of para-hydroxylation sites is 1. The molecule has 0 aliphatic carbocycles. The molecule has 5 nitrogen and oxygen atoms in total. The number of anilines is 1. The van der Waals surface area contributed by atoms with E-state index in [1.165, 1.54) is 0 Å². The number of nitrogens with one attached hydrogen (secondary N) is 1. The summed E-state index contributed by atoms with van der Waals surface area (Å²) in [5.41, 5.74) is 6.48. The Bertz CT molecular complexity index is 482. The summed E-state index contributed by atoms with van der Waals surface area (Å²) in [6, 6.07) is 7.60. The fourth-order valence-corrected chi connectivity index (χ4v) is 2.77. The molecule has 2 rings (SSSR count). The van der Waals surface area contributed by atoms with Crippen molar-refractivity contribution in [3.8, 4) is 0 Å². The van der Waals surface area contributed by atoms with Crippen molar-refractivity contribution in [3.63, 3.8) is 0 Å². The summed E-state index contributed by atoms with van der Waals surface area (Å²) >= 11 is 6.03. The van der Waals surface area contributed by atoms with Crippen LogP contribution in [0.5, 0.6) is 0 Å². The van der Waals surface area contributed by atoms with E-state index in [1.807, 2.05) is 12.1 Å². The zero-order chi connectivity index (χ0) is 15.2. The van der Waals surface area contributed by atoms with Gasteiger partial charge in [0.2, 0.25) is 5.91 Å². The van der Waals surface area contributed by atoms with Gasteiger partial charge in [-0.05, 0) is 19.2 Å². The molecule has 3 N–H and O–H groups in total. The van der Waals surface area contributed by atoms with E-state index in [0.717, 1.165) is 26.2 Å². The number of carbonyl (C=O) groups is 1. The maximum atomic E-state index is 12.0. The van der Waals surface area contributed by atoms with Gasteiger partial charge < -0.3 is 16.0 Å². The molecule has 1 saturated heterocycles. The van der Waals surface area contributed by atoms with Crippen LogP contribution >= 0.6 is 11.6 Å². The number of halogens is 1. The molecule has 1 amide bonds. The molecule has 1 aliphatic rings. The van der Waals surface area contributed by atoms with Crippen LogP contribution in [0.3, 0.4) is 0 Å². The summed E-state index contributed by atoms with van der Waals surface area (Å²) in [6.45, 7) is 4.28. The molecule has 21 heavy (non-hydrogen) atoms. The van der Waals surface area contributed by atoms with E-state index >= 15 is 0 Å². The van der Waals surface area contributed by atoms with Crippen LogP contribution in [0.2, 0.25) is 5.02 Å². The average Bonchev–Trinajstić information content (AvgIpc) is 2.48. The number of carbonyl (C=O) groups excluding carboxylic acids is 1. The standard InChI is InChI=1S/C15H23ClN4O/c1-19-8-9-20(12(10-17)11-19)7-6-15(21)18-14-5-3-2-4-13(14)16/h2-5,12H,6-11,17H2,1H3,(H,18,21). The smallest absolute Gasteiger partial charge is 0.225 e. The second kappa shape index (κ2) is 7.75. The Morgan fingerprint density at radius 3 is 2.90 bits per heavy atom. The molecule has 1 aliphatic heterocycles. The third-order valence-electron chi connectivity index (χ3n) is 3.85. The highest BCUT2D eigenvalue weighted by molar-refractivity contribution is 6.33. The Hall–Kier alpha value is -1.14. The third kappa shape index (κ3) is 4.68. The largest absolute Gasteiger partial charge is 0.329 e. The molecular weight excluding hydrogens is 288 g/mol. The minimum absolute atomic E-state index is 0.0159. The van der Waals surface area contributed by atoms with Crippen LogP contribution in [0.25, 0.3) is 0 Å². The zero-order valence-electron chi connectivity index (χ0n) is 12.4. The first kappa shape index (κ1) is 16.2. The van der Waals surface area contributed by atoms with E-state index < -0.39 is 0 Å². The number of likely N-dealkylation sites (N-methyl/N-ethyl adjacent to an activating group) is 1. The molecule has 1 atom stereocenters. The van der Waals surface area contributed by atoms with Crippen molar-refractivity contribution in [2.75, 3.05) is 45.1 Å². The van der Waals surface area contributed by atoms with E-state index in [9.17, 15) is 4.79 Å². The lowest BCUT2D eigenvalue weighted by Crippen LogP contribution is -2.55. The van der Waals surface area contributed by atoms with Gasteiger partial charge in [0.1, 0.15) is 0 Å². The van der Waals surface area contributed by atoms with Crippen molar-refractivity contribution in [2.24, 2.45) is 5.73 Å². The number of piperazine rings is 1. The van der Waals surface area contributed by atoms with Crippen molar-refractivity contribution in [1.29, 1.82) is 0 Å². The van der Waals surface area contributed by atoms with E-state index in [4.69, 9.17) is 17.3 Å². The number of hydrogen-bond acceptors (Lipinski definition) is 4. The lowest BCUT2D eigenvalue weighted by atomic mass is 10.1. The van der Waals surface area contributed by atoms with Crippen molar-refractivity contribution in [1.82, 2.24) is 9.80 Å². The van der Waals surface area contributed by atoms with Gasteiger partial charge in [-0.25, -0.2) is 0 Å². The van der Waals surface area contributed by atoms with Crippen LogP contribution < -0.4 is 11.1 Å². The van der Waals surface area contributed by atoms with Crippen molar-refractivity contribution in [2.45, 2.75) is 12.5 Å². The monoisotopic (exact) mass is 310 g/mol.